The molecule has 0 spiro atoms. The number of hydrogen-bond acceptors (Lipinski definition) is 2. The van der Waals surface area contributed by atoms with Gasteiger partial charge in [0.15, 0.2) is 0 Å². The molecule has 3 nitrogen and oxygen atoms in total. The summed E-state index contributed by atoms with van der Waals surface area (Å²) < 4.78 is 0. The molecule has 1 aliphatic rings. The highest BCUT2D eigenvalue weighted by molar-refractivity contribution is 5.76. The average Bonchev–Trinajstić information content (AvgIpc) is 2.51. The molecule has 1 unspecified atom stereocenters. The lowest BCUT2D eigenvalue weighted by Gasteiger charge is -2.11. The topological polar surface area (TPSA) is 41.1 Å². The molecule has 0 radical (unpaired) electrons. The first-order chi connectivity index (χ1) is 6.18. The molecule has 0 saturated carbocycles. The molecule has 1 heterocycles. The van der Waals surface area contributed by atoms with Crippen molar-refractivity contribution in [3.8, 4) is 0 Å². The van der Waals surface area contributed by atoms with Gasteiger partial charge >= 0.3 is 0 Å². The van der Waals surface area contributed by atoms with Crippen LogP contribution in [-0.4, -0.2) is 24.5 Å². The molecular weight excluding hydrogens is 164 g/mol. The molecule has 0 aliphatic carbocycles. The van der Waals surface area contributed by atoms with Crippen molar-refractivity contribution < 1.29 is 4.79 Å². The summed E-state index contributed by atoms with van der Waals surface area (Å²) in [4.78, 5) is 11.3. The molecule has 1 atom stereocenters. The van der Waals surface area contributed by atoms with Gasteiger partial charge in [0, 0.05) is 18.5 Å². The van der Waals surface area contributed by atoms with Crippen LogP contribution < -0.4 is 10.6 Å². The van der Waals surface area contributed by atoms with Crippen LogP contribution in [0.25, 0.3) is 0 Å². The second kappa shape index (κ2) is 5.22. The zero-order chi connectivity index (χ0) is 9.68. The lowest BCUT2D eigenvalue weighted by atomic mass is 10.1. The standard InChI is InChI=1S/C10H20N2O/c1-8(2)12-10(13)6-5-9-4-3-7-11-9/h8-9,11H,3-7H2,1-2H3,(H,12,13). The first-order valence-corrected chi connectivity index (χ1v) is 5.21. The summed E-state index contributed by atoms with van der Waals surface area (Å²) in [5.41, 5.74) is 0. The van der Waals surface area contributed by atoms with Crippen LogP contribution in [0.4, 0.5) is 0 Å². The van der Waals surface area contributed by atoms with Crippen LogP contribution in [0.3, 0.4) is 0 Å². The fourth-order valence-corrected chi connectivity index (χ4v) is 1.70. The highest BCUT2D eigenvalue weighted by Crippen LogP contribution is 2.10. The van der Waals surface area contributed by atoms with Crippen LogP contribution in [-0.2, 0) is 4.79 Å². The van der Waals surface area contributed by atoms with Gasteiger partial charge in [0.05, 0.1) is 0 Å². The largest absolute Gasteiger partial charge is 0.354 e. The van der Waals surface area contributed by atoms with E-state index in [1.807, 2.05) is 13.8 Å². The van der Waals surface area contributed by atoms with Crippen molar-refractivity contribution in [1.82, 2.24) is 10.6 Å². The molecule has 0 aromatic rings. The Kier molecular flexibility index (Phi) is 4.22. The Morgan fingerprint density at radius 2 is 2.38 bits per heavy atom. The highest BCUT2D eigenvalue weighted by atomic mass is 16.1. The summed E-state index contributed by atoms with van der Waals surface area (Å²) in [6.45, 7) is 5.11. The normalized spacial score (nSPS) is 22.2. The molecule has 2 N–H and O–H groups in total. The van der Waals surface area contributed by atoms with E-state index in [2.05, 4.69) is 10.6 Å². The summed E-state index contributed by atoms with van der Waals surface area (Å²) >= 11 is 0. The van der Waals surface area contributed by atoms with Crippen molar-refractivity contribution in [1.29, 1.82) is 0 Å². The second-order valence-corrected chi connectivity index (χ2v) is 4.05. The minimum atomic E-state index is 0.184. The smallest absolute Gasteiger partial charge is 0.220 e. The number of carbonyl (C=O) groups excluding carboxylic acids is 1. The van der Waals surface area contributed by atoms with Gasteiger partial charge in [-0.25, -0.2) is 0 Å². The van der Waals surface area contributed by atoms with Crippen LogP contribution in [0.5, 0.6) is 0 Å². The van der Waals surface area contributed by atoms with E-state index in [-0.39, 0.29) is 11.9 Å². The molecule has 0 bridgehead atoms. The zero-order valence-electron chi connectivity index (χ0n) is 8.60. The van der Waals surface area contributed by atoms with Crippen LogP contribution in [0.15, 0.2) is 0 Å². The first-order valence-electron chi connectivity index (χ1n) is 5.21. The van der Waals surface area contributed by atoms with Crippen molar-refractivity contribution in [2.45, 2.75) is 51.6 Å². The Morgan fingerprint density at radius 3 is 2.92 bits per heavy atom. The van der Waals surface area contributed by atoms with Crippen LogP contribution >= 0.6 is 0 Å². The molecule has 1 amide bonds. The number of amides is 1. The van der Waals surface area contributed by atoms with Crippen molar-refractivity contribution in [3.63, 3.8) is 0 Å². The molecular formula is C10H20N2O. The van der Waals surface area contributed by atoms with Crippen molar-refractivity contribution >= 4 is 5.91 Å². The summed E-state index contributed by atoms with van der Waals surface area (Å²) in [7, 11) is 0. The third kappa shape index (κ3) is 4.27. The van der Waals surface area contributed by atoms with Crippen molar-refractivity contribution in [3.05, 3.63) is 0 Å². The highest BCUT2D eigenvalue weighted by Gasteiger charge is 2.15. The maximum Gasteiger partial charge on any atom is 0.220 e. The summed E-state index contributed by atoms with van der Waals surface area (Å²) in [5, 5.41) is 6.29. The molecule has 13 heavy (non-hydrogen) atoms. The predicted octanol–water partition coefficient (Wildman–Crippen LogP) is 1.04. The maximum atomic E-state index is 11.3. The summed E-state index contributed by atoms with van der Waals surface area (Å²) in [6.07, 6.45) is 4.14. The Bertz CT molecular complexity index is 162. The van der Waals surface area contributed by atoms with Gasteiger partial charge in [0.2, 0.25) is 5.91 Å². The van der Waals surface area contributed by atoms with E-state index in [9.17, 15) is 4.79 Å². The van der Waals surface area contributed by atoms with E-state index < -0.39 is 0 Å². The van der Waals surface area contributed by atoms with Gasteiger partial charge in [-0.15, -0.1) is 0 Å². The molecule has 1 saturated heterocycles. The number of rotatable bonds is 4. The Hall–Kier alpha value is -0.570. The fraction of sp³-hybridized carbons (Fsp3) is 0.900. The molecule has 0 aromatic carbocycles. The second-order valence-electron chi connectivity index (χ2n) is 4.05. The van der Waals surface area contributed by atoms with Crippen LogP contribution in [0, 0.1) is 0 Å². The van der Waals surface area contributed by atoms with Gasteiger partial charge in [0.1, 0.15) is 0 Å². The molecule has 3 heteroatoms. The van der Waals surface area contributed by atoms with E-state index in [0.29, 0.717) is 12.5 Å². The van der Waals surface area contributed by atoms with Gasteiger partial charge < -0.3 is 10.6 Å². The molecule has 76 valence electrons. The predicted molar refractivity (Wildman–Crippen MR) is 53.5 cm³/mol. The van der Waals surface area contributed by atoms with Crippen molar-refractivity contribution in [2.75, 3.05) is 6.54 Å². The van der Waals surface area contributed by atoms with Gasteiger partial charge in [0.25, 0.3) is 0 Å². The number of carbonyl (C=O) groups is 1. The summed E-state index contributed by atoms with van der Waals surface area (Å²) in [6, 6.07) is 0.849. The van der Waals surface area contributed by atoms with Gasteiger partial charge in [-0.2, -0.15) is 0 Å². The number of hydrogen-bond donors (Lipinski definition) is 2. The van der Waals surface area contributed by atoms with Gasteiger partial charge in [-0.05, 0) is 39.7 Å². The van der Waals surface area contributed by atoms with Crippen LogP contribution in [0.1, 0.15) is 39.5 Å². The Balaban J connectivity index is 2.07. The van der Waals surface area contributed by atoms with E-state index in [0.717, 1.165) is 13.0 Å². The SMILES string of the molecule is CC(C)NC(=O)CCC1CCCN1. The minimum Gasteiger partial charge on any atom is -0.354 e. The zero-order valence-corrected chi connectivity index (χ0v) is 8.60. The maximum absolute atomic E-state index is 11.3. The monoisotopic (exact) mass is 184 g/mol. The first kappa shape index (κ1) is 10.5. The van der Waals surface area contributed by atoms with E-state index in [4.69, 9.17) is 0 Å². The molecule has 1 aliphatic heterocycles. The lowest BCUT2D eigenvalue weighted by molar-refractivity contribution is -0.121. The average molecular weight is 184 g/mol. The quantitative estimate of drug-likeness (QED) is 0.685. The van der Waals surface area contributed by atoms with E-state index in [1.54, 1.807) is 0 Å². The number of nitrogens with one attached hydrogen (secondary N) is 2. The summed E-state index contributed by atoms with van der Waals surface area (Å²) in [5.74, 6) is 0.184. The molecule has 1 fully saturated rings. The van der Waals surface area contributed by atoms with E-state index in [1.165, 1.54) is 12.8 Å². The molecule has 1 rings (SSSR count). The third-order valence-corrected chi connectivity index (χ3v) is 2.33. The van der Waals surface area contributed by atoms with Crippen LogP contribution in [0.2, 0.25) is 0 Å². The molecule has 0 aromatic heterocycles. The Labute approximate surface area is 80.3 Å². The Morgan fingerprint density at radius 1 is 1.62 bits per heavy atom. The fourth-order valence-electron chi connectivity index (χ4n) is 1.70. The van der Waals surface area contributed by atoms with Crippen molar-refractivity contribution in [2.24, 2.45) is 0 Å². The van der Waals surface area contributed by atoms with Gasteiger partial charge in [-0.3, -0.25) is 4.79 Å². The lowest BCUT2D eigenvalue weighted by Crippen LogP contribution is -2.31. The minimum absolute atomic E-state index is 0.184. The van der Waals surface area contributed by atoms with Gasteiger partial charge in [-0.1, -0.05) is 0 Å². The third-order valence-electron chi connectivity index (χ3n) is 2.33. The van der Waals surface area contributed by atoms with E-state index >= 15 is 0 Å².